The number of benzene rings is 1. The van der Waals surface area contributed by atoms with Gasteiger partial charge >= 0.3 is 0 Å². The lowest BCUT2D eigenvalue weighted by atomic mass is 10.0. The lowest BCUT2D eigenvalue weighted by molar-refractivity contribution is 0.112. The molecule has 1 aromatic carbocycles. The number of carbonyl (C=O) groups is 1. The second kappa shape index (κ2) is 4.78. The molecule has 0 aliphatic heterocycles. The molecule has 0 N–H and O–H groups in total. The van der Waals surface area contributed by atoms with E-state index in [1.54, 1.807) is 31.6 Å². The van der Waals surface area contributed by atoms with Crippen LogP contribution in [0.15, 0.2) is 36.7 Å². The van der Waals surface area contributed by atoms with Crippen LogP contribution in [0.2, 0.25) is 0 Å². The highest BCUT2D eigenvalue weighted by Gasteiger charge is 2.07. The van der Waals surface area contributed by atoms with Crippen molar-refractivity contribution >= 4 is 6.29 Å². The predicted octanol–water partition coefficient (Wildman–Crippen LogP) is 2.88. The SMILES string of the molecule is COc1cc(C=O)ccc1-c1cncc(C)c1. The van der Waals surface area contributed by atoms with Gasteiger partial charge in [-0.25, -0.2) is 0 Å². The van der Waals surface area contributed by atoms with Crippen LogP contribution in [0, 0.1) is 6.92 Å². The molecule has 1 heterocycles. The molecule has 0 bridgehead atoms. The number of hydrogen-bond donors (Lipinski definition) is 0. The first-order valence-corrected chi connectivity index (χ1v) is 5.30. The average molecular weight is 227 g/mol. The van der Waals surface area contributed by atoms with Crippen molar-refractivity contribution < 1.29 is 9.53 Å². The van der Waals surface area contributed by atoms with E-state index in [9.17, 15) is 4.79 Å². The molecule has 3 nitrogen and oxygen atoms in total. The highest BCUT2D eigenvalue weighted by atomic mass is 16.5. The fourth-order valence-electron chi connectivity index (χ4n) is 1.72. The monoisotopic (exact) mass is 227 g/mol. The smallest absolute Gasteiger partial charge is 0.150 e. The summed E-state index contributed by atoms with van der Waals surface area (Å²) in [6.07, 6.45) is 4.39. The van der Waals surface area contributed by atoms with Gasteiger partial charge in [0.2, 0.25) is 0 Å². The number of aldehydes is 1. The quantitative estimate of drug-likeness (QED) is 0.757. The van der Waals surface area contributed by atoms with Crippen molar-refractivity contribution in [2.75, 3.05) is 7.11 Å². The molecular formula is C14H13NO2. The number of aromatic nitrogens is 1. The predicted molar refractivity (Wildman–Crippen MR) is 66.3 cm³/mol. The molecule has 0 saturated heterocycles. The summed E-state index contributed by atoms with van der Waals surface area (Å²) in [5, 5.41) is 0. The summed E-state index contributed by atoms with van der Waals surface area (Å²) in [5.74, 6) is 0.682. The molecule has 0 fully saturated rings. The van der Waals surface area contributed by atoms with Crippen LogP contribution in [0.5, 0.6) is 5.75 Å². The summed E-state index contributed by atoms with van der Waals surface area (Å²) < 4.78 is 5.30. The number of carbonyl (C=O) groups excluding carboxylic acids is 1. The molecule has 3 heteroatoms. The first-order chi connectivity index (χ1) is 8.24. The molecule has 86 valence electrons. The number of aryl methyl sites for hydroxylation is 1. The van der Waals surface area contributed by atoms with E-state index in [4.69, 9.17) is 4.74 Å². The number of rotatable bonds is 3. The summed E-state index contributed by atoms with van der Waals surface area (Å²) in [5.41, 5.74) is 3.61. The molecule has 0 unspecified atom stereocenters. The third-order valence-electron chi connectivity index (χ3n) is 2.55. The van der Waals surface area contributed by atoms with Crippen molar-refractivity contribution in [3.63, 3.8) is 0 Å². The van der Waals surface area contributed by atoms with Gasteiger partial charge in [0, 0.05) is 29.1 Å². The van der Waals surface area contributed by atoms with Crippen LogP contribution in [0.3, 0.4) is 0 Å². The summed E-state index contributed by atoms with van der Waals surface area (Å²) in [6, 6.07) is 7.41. The third-order valence-corrected chi connectivity index (χ3v) is 2.55. The molecule has 0 aliphatic rings. The Hall–Kier alpha value is -2.16. The molecule has 0 aliphatic carbocycles. The highest BCUT2D eigenvalue weighted by molar-refractivity contribution is 5.80. The van der Waals surface area contributed by atoms with Gasteiger partial charge in [-0.2, -0.15) is 0 Å². The summed E-state index contributed by atoms with van der Waals surface area (Å²) in [6.45, 7) is 1.99. The number of nitrogens with zero attached hydrogens (tertiary/aromatic N) is 1. The van der Waals surface area contributed by atoms with E-state index < -0.39 is 0 Å². The van der Waals surface area contributed by atoms with Crippen LogP contribution in [-0.4, -0.2) is 18.4 Å². The fourth-order valence-corrected chi connectivity index (χ4v) is 1.72. The van der Waals surface area contributed by atoms with Crippen molar-refractivity contribution in [3.8, 4) is 16.9 Å². The molecule has 0 saturated carbocycles. The number of pyridine rings is 1. The van der Waals surface area contributed by atoms with E-state index in [0.717, 1.165) is 23.0 Å². The molecule has 0 atom stereocenters. The van der Waals surface area contributed by atoms with Gasteiger partial charge in [-0.3, -0.25) is 9.78 Å². The Morgan fingerprint density at radius 1 is 1.24 bits per heavy atom. The molecule has 2 aromatic rings. The Morgan fingerprint density at radius 2 is 2.06 bits per heavy atom. The number of methoxy groups -OCH3 is 1. The van der Waals surface area contributed by atoms with Gasteiger partial charge in [0.25, 0.3) is 0 Å². The minimum absolute atomic E-state index is 0.603. The Labute approximate surface area is 100 Å². The maximum Gasteiger partial charge on any atom is 0.150 e. The second-order valence-electron chi connectivity index (χ2n) is 3.83. The maximum atomic E-state index is 10.7. The van der Waals surface area contributed by atoms with Crippen molar-refractivity contribution in [1.82, 2.24) is 4.98 Å². The Morgan fingerprint density at radius 3 is 2.71 bits per heavy atom. The zero-order valence-electron chi connectivity index (χ0n) is 9.81. The van der Waals surface area contributed by atoms with Gasteiger partial charge in [-0.1, -0.05) is 6.07 Å². The zero-order valence-corrected chi connectivity index (χ0v) is 9.81. The van der Waals surface area contributed by atoms with E-state index in [2.05, 4.69) is 4.98 Å². The number of hydrogen-bond acceptors (Lipinski definition) is 3. The minimum Gasteiger partial charge on any atom is -0.496 e. The lowest BCUT2D eigenvalue weighted by Gasteiger charge is -2.09. The van der Waals surface area contributed by atoms with Crippen LogP contribution < -0.4 is 4.74 Å². The van der Waals surface area contributed by atoms with Crippen molar-refractivity contribution in [2.24, 2.45) is 0 Å². The van der Waals surface area contributed by atoms with Gasteiger partial charge in [0.15, 0.2) is 0 Å². The Balaban J connectivity index is 2.55. The van der Waals surface area contributed by atoms with Crippen molar-refractivity contribution in [2.45, 2.75) is 6.92 Å². The van der Waals surface area contributed by atoms with E-state index >= 15 is 0 Å². The molecule has 17 heavy (non-hydrogen) atoms. The third kappa shape index (κ3) is 2.33. The minimum atomic E-state index is 0.603. The van der Waals surface area contributed by atoms with Gasteiger partial charge in [-0.15, -0.1) is 0 Å². The van der Waals surface area contributed by atoms with Crippen LogP contribution in [0.4, 0.5) is 0 Å². The number of ether oxygens (including phenoxy) is 1. The Bertz CT molecular complexity index is 550. The fraction of sp³-hybridized carbons (Fsp3) is 0.143. The highest BCUT2D eigenvalue weighted by Crippen LogP contribution is 2.30. The zero-order chi connectivity index (χ0) is 12.3. The first kappa shape index (κ1) is 11.3. The van der Waals surface area contributed by atoms with Gasteiger partial charge in [0.05, 0.1) is 7.11 Å². The van der Waals surface area contributed by atoms with E-state index in [-0.39, 0.29) is 0 Å². The van der Waals surface area contributed by atoms with E-state index in [1.807, 2.05) is 19.1 Å². The maximum absolute atomic E-state index is 10.7. The molecule has 0 amide bonds. The molecule has 0 radical (unpaired) electrons. The van der Waals surface area contributed by atoms with Crippen LogP contribution in [0.1, 0.15) is 15.9 Å². The standard InChI is InChI=1S/C14H13NO2/c1-10-5-12(8-15-7-10)13-4-3-11(9-16)6-14(13)17-2/h3-9H,1-2H3. The van der Waals surface area contributed by atoms with E-state index in [0.29, 0.717) is 11.3 Å². The average Bonchev–Trinajstić information content (AvgIpc) is 2.38. The second-order valence-corrected chi connectivity index (χ2v) is 3.83. The van der Waals surface area contributed by atoms with Crippen LogP contribution >= 0.6 is 0 Å². The van der Waals surface area contributed by atoms with Crippen molar-refractivity contribution in [3.05, 3.63) is 47.8 Å². The van der Waals surface area contributed by atoms with Crippen LogP contribution in [0.25, 0.3) is 11.1 Å². The molecule has 1 aromatic heterocycles. The summed E-state index contributed by atoms with van der Waals surface area (Å²) >= 11 is 0. The summed E-state index contributed by atoms with van der Waals surface area (Å²) in [7, 11) is 1.59. The first-order valence-electron chi connectivity index (χ1n) is 5.30. The van der Waals surface area contributed by atoms with E-state index in [1.165, 1.54) is 0 Å². The normalized spacial score (nSPS) is 10.0. The topological polar surface area (TPSA) is 39.2 Å². The van der Waals surface area contributed by atoms with Gasteiger partial charge in [0.1, 0.15) is 12.0 Å². The molecule has 0 spiro atoms. The van der Waals surface area contributed by atoms with Crippen molar-refractivity contribution in [1.29, 1.82) is 0 Å². The molecule has 2 rings (SSSR count). The van der Waals surface area contributed by atoms with Gasteiger partial charge < -0.3 is 4.74 Å². The summed E-state index contributed by atoms with van der Waals surface area (Å²) in [4.78, 5) is 14.9. The van der Waals surface area contributed by atoms with Gasteiger partial charge in [-0.05, 0) is 30.7 Å². The Kier molecular flexibility index (Phi) is 3.19. The largest absolute Gasteiger partial charge is 0.496 e. The van der Waals surface area contributed by atoms with Crippen LogP contribution in [-0.2, 0) is 0 Å². The molecular weight excluding hydrogens is 214 g/mol. The lowest BCUT2D eigenvalue weighted by Crippen LogP contribution is -1.91.